The monoisotopic (exact) mass is 389 g/mol. The van der Waals surface area contributed by atoms with Gasteiger partial charge < -0.3 is 10.1 Å². The highest BCUT2D eigenvalue weighted by Gasteiger charge is 2.29. The van der Waals surface area contributed by atoms with Gasteiger partial charge in [0.25, 0.3) is 0 Å². The van der Waals surface area contributed by atoms with E-state index in [1.54, 1.807) is 10.9 Å². The zero-order valence-electron chi connectivity index (χ0n) is 15.4. The Bertz CT molecular complexity index is 976. The Kier molecular flexibility index (Phi) is 5.08. The summed E-state index contributed by atoms with van der Waals surface area (Å²) in [7, 11) is 1.82. The van der Waals surface area contributed by atoms with Crippen LogP contribution in [0.2, 0.25) is 0 Å². The maximum Gasteiger partial charge on any atom is 0.345 e. The molecule has 1 fully saturated rings. The lowest BCUT2D eigenvalue weighted by atomic mass is 9.87. The first-order chi connectivity index (χ1) is 13.5. The summed E-state index contributed by atoms with van der Waals surface area (Å²) in [5, 5.41) is 7.19. The molecule has 7 nitrogen and oxygen atoms in total. The zero-order valence-corrected chi connectivity index (χ0v) is 15.4. The van der Waals surface area contributed by atoms with Gasteiger partial charge in [0.1, 0.15) is 17.2 Å². The number of ether oxygens (including phenoxy) is 1. The van der Waals surface area contributed by atoms with Gasteiger partial charge in [0.05, 0.1) is 12.3 Å². The van der Waals surface area contributed by atoms with Crippen LogP contribution in [0.5, 0.6) is 0 Å². The van der Waals surface area contributed by atoms with Crippen LogP contribution in [0.4, 0.5) is 14.6 Å². The van der Waals surface area contributed by atoms with E-state index in [9.17, 15) is 13.6 Å². The molecule has 3 aromatic heterocycles. The molecular formula is C19H21F2N5O2. The minimum atomic E-state index is -2.77. The molecule has 1 amide bonds. The molecule has 0 aromatic carbocycles. The zero-order chi connectivity index (χ0) is 19.7. The third-order valence-corrected chi connectivity index (χ3v) is 5.09. The lowest BCUT2D eigenvalue weighted by molar-refractivity contribution is -0.171. The number of rotatable bonds is 5. The number of hydrogen-bond donors (Lipinski definition) is 1. The van der Waals surface area contributed by atoms with E-state index in [1.165, 1.54) is 0 Å². The fourth-order valence-corrected chi connectivity index (χ4v) is 3.69. The van der Waals surface area contributed by atoms with Crippen molar-refractivity contribution in [2.45, 2.75) is 38.4 Å². The summed E-state index contributed by atoms with van der Waals surface area (Å²) in [5.74, 6) is 0.208. The molecule has 0 radical (unpaired) electrons. The number of fused-ring (bicyclic) bond motifs is 1. The summed E-state index contributed by atoms with van der Waals surface area (Å²) >= 11 is 0. The second kappa shape index (κ2) is 7.67. The van der Waals surface area contributed by atoms with Crippen LogP contribution in [0.1, 0.15) is 25.7 Å². The quantitative estimate of drug-likeness (QED) is 0.725. The number of carbonyl (C=O) groups is 1. The highest BCUT2D eigenvalue weighted by atomic mass is 19.3. The van der Waals surface area contributed by atoms with Crippen LogP contribution >= 0.6 is 0 Å². The molecule has 1 N–H and O–H groups in total. The van der Waals surface area contributed by atoms with E-state index in [-0.39, 0.29) is 11.8 Å². The van der Waals surface area contributed by atoms with Crippen molar-refractivity contribution in [2.24, 2.45) is 13.0 Å². The van der Waals surface area contributed by atoms with Gasteiger partial charge in [-0.2, -0.15) is 13.9 Å². The Balaban J connectivity index is 1.55. The number of hydrogen-bond acceptors (Lipinski definition) is 4. The topological polar surface area (TPSA) is 73.5 Å². The molecular weight excluding hydrogens is 368 g/mol. The number of aromatic nitrogens is 4. The first kappa shape index (κ1) is 18.5. The Morgan fingerprint density at radius 2 is 2.07 bits per heavy atom. The van der Waals surface area contributed by atoms with Gasteiger partial charge in [-0.25, -0.2) is 4.98 Å². The van der Waals surface area contributed by atoms with Crippen LogP contribution in [-0.2, 0) is 16.6 Å². The van der Waals surface area contributed by atoms with Gasteiger partial charge >= 0.3 is 6.61 Å². The minimum Gasteiger partial charge on any atom is -0.320 e. The summed E-state index contributed by atoms with van der Waals surface area (Å²) in [6.45, 7) is -2.77. The van der Waals surface area contributed by atoms with Gasteiger partial charge in [-0.3, -0.25) is 13.9 Å². The molecule has 9 heteroatoms. The van der Waals surface area contributed by atoms with Gasteiger partial charge in [0.15, 0.2) is 0 Å². The summed E-state index contributed by atoms with van der Waals surface area (Å²) in [5.41, 5.74) is 2.16. The maximum atomic E-state index is 12.9. The number of nitrogens with zero attached hydrogens (tertiary/aromatic N) is 4. The first-order valence-corrected chi connectivity index (χ1v) is 9.22. The third-order valence-electron chi connectivity index (χ3n) is 5.09. The van der Waals surface area contributed by atoms with E-state index in [0.717, 1.165) is 5.56 Å². The van der Waals surface area contributed by atoms with Crippen LogP contribution in [0.3, 0.4) is 0 Å². The highest BCUT2D eigenvalue weighted by Crippen LogP contribution is 2.32. The van der Waals surface area contributed by atoms with Gasteiger partial charge in [-0.15, -0.1) is 0 Å². The smallest absolute Gasteiger partial charge is 0.320 e. The number of pyridine rings is 1. The van der Waals surface area contributed by atoms with Crippen molar-refractivity contribution in [3.63, 3.8) is 0 Å². The average Bonchev–Trinajstić information content (AvgIpc) is 3.26. The molecule has 0 bridgehead atoms. The van der Waals surface area contributed by atoms with E-state index in [2.05, 4.69) is 20.1 Å². The second-order valence-corrected chi connectivity index (χ2v) is 7.00. The van der Waals surface area contributed by atoms with Crippen molar-refractivity contribution < 1.29 is 18.3 Å². The van der Waals surface area contributed by atoms with Crippen molar-refractivity contribution in [3.05, 3.63) is 36.8 Å². The number of anilines is 1. The molecule has 0 aliphatic heterocycles. The minimum absolute atomic E-state index is 0.133. The van der Waals surface area contributed by atoms with Gasteiger partial charge in [-0.05, 0) is 37.8 Å². The number of carbonyl (C=O) groups excluding carboxylic acids is 1. The normalized spacial score (nSPS) is 20.0. The molecule has 0 saturated heterocycles. The van der Waals surface area contributed by atoms with Crippen LogP contribution in [0.25, 0.3) is 16.9 Å². The van der Waals surface area contributed by atoms with Crippen molar-refractivity contribution >= 4 is 17.4 Å². The maximum absolute atomic E-state index is 12.9. The number of amides is 1. The van der Waals surface area contributed by atoms with Crippen LogP contribution in [0, 0.1) is 5.92 Å². The highest BCUT2D eigenvalue weighted by molar-refractivity contribution is 5.96. The molecule has 1 aliphatic carbocycles. The Labute approximate surface area is 160 Å². The average molecular weight is 389 g/mol. The van der Waals surface area contributed by atoms with Crippen LogP contribution in [0.15, 0.2) is 36.8 Å². The Hall–Kier alpha value is -2.81. The van der Waals surface area contributed by atoms with Gasteiger partial charge in [0, 0.05) is 30.9 Å². The van der Waals surface area contributed by atoms with Crippen molar-refractivity contribution in [2.75, 3.05) is 5.32 Å². The lowest BCUT2D eigenvalue weighted by Gasteiger charge is -2.27. The van der Waals surface area contributed by atoms with E-state index >= 15 is 0 Å². The van der Waals surface area contributed by atoms with Gasteiger partial charge in [-0.1, -0.05) is 6.07 Å². The Morgan fingerprint density at radius 1 is 1.29 bits per heavy atom. The molecule has 4 rings (SSSR count). The fourth-order valence-electron chi connectivity index (χ4n) is 3.69. The molecule has 0 atom stereocenters. The van der Waals surface area contributed by atoms with Crippen molar-refractivity contribution in [1.29, 1.82) is 0 Å². The molecule has 0 unspecified atom stereocenters. The summed E-state index contributed by atoms with van der Waals surface area (Å²) in [6.07, 6.45) is 6.83. The molecule has 148 valence electrons. The van der Waals surface area contributed by atoms with E-state index in [4.69, 9.17) is 0 Å². The first-order valence-electron chi connectivity index (χ1n) is 9.22. The number of alkyl halides is 2. The Morgan fingerprint density at radius 3 is 2.75 bits per heavy atom. The molecule has 0 spiro atoms. The summed E-state index contributed by atoms with van der Waals surface area (Å²) in [4.78, 5) is 17.5. The SMILES string of the molecule is Cn1cc(-c2nc3ccccn3c2NC(=O)C2CCC(OC(F)F)CC2)cn1. The molecule has 1 saturated carbocycles. The predicted octanol–water partition coefficient (Wildman–Crippen LogP) is 3.47. The summed E-state index contributed by atoms with van der Waals surface area (Å²) < 4.78 is 32.8. The fraction of sp³-hybridized carbons (Fsp3) is 0.421. The van der Waals surface area contributed by atoms with Crippen LogP contribution in [-0.4, -0.2) is 37.8 Å². The van der Waals surface area contributed by atoms with Crippen molar-refractivity contribution in [1.82, 2.24) is 19.2 Å². The largest absolute Gasteiger partial charge is 0.345 e. The van der Waals surface area contributed by atoms with E-state index in [0.29, 0.717) is 42.8 Å². The number of aryl methyl sites for hydroxylation is 1. The number of halogens is 2. The second-order valence-electron chi connectivity index (χ2n) is 7.00. The van der Waals surface area contributed by atoms with Crippen LogP contribution < -0.4 is 5.32 Å². The van der Waals surface area contributed by atoms with E-state index < -0.39 is 12.7 Å². The lowest BCUT2D eigenvalue weighted by Crippen LogP contribution is -2.31. The van der Waals surface area contributed by atoms with E-state index in [1.807, 2.05) is 42.0 Å². The molecule has 28 heavy (non-hydrogen) atoms. The molecule has 3 aromatic rings. The van der Waals surface area contributed by atoms with Crippen molar-refractivity contribution in [3.8, 4) is 11.3 Å². The van der Waals surface area contributed by atoms with Gasteiger partial charge in [0.2, 0.25) is 5.91 Å². The predicted molar refractivity (Wildman–Crippen MR) is 98.9 cm³/mol. The third kappa shape index (κ3) is 3.75. The molecule has 3 heterocycles. The standard InChI is InChI=1S/C19H21F2N5O2/c1-25-11-13(10-22-25)16-17(26-9-3-2-4-15(26)23-16)24-18(27)12-5-7-14(8-6-12)28-19(20)21/h2-4,9-12,14,19H,5-8H2,1H3,(H,24,27). The summed E-state index contributed by atoms with van der Waals surface area (Å²) in [6, 6.07) is 5.61. The number of nitrogens with one attached hydrogen (secondary N) is 1. The number of imidazole rings is 1. The molecule has 1 aliphatic rings.